The van der Waals surface area contributed by atoms with Gasteiger partial charge in [-0.2, -0.15) is 0 Å². The monoisotopic (exact) mass is 258 g/mol. The van der Waals surface area contributed by atoms with Crippen molar-refractivity contribution in [2.24, 2.45) is 23.5 Å². The van der Waals surface area contributed by atoms with Gasteiger partial charge in [-0.3, -0.25) is 4.79 Å². The number of nitrogens with two attached hydrogens (primary N) is 1. The highest BCUT2D eigenvalue weighted by atomic mass is 16.1. The van der Waals surface area contributed by atoms with E-state index in [2.05, 4.69) is 17.4 Å². The first kappa shape index (κ1) is 12.7. The van der Waals surface area contributed by atoms with Crippen LogP contribution in [0, 0.1) is 17.8 Å². The normalized spacial score (nSPS) is 32.5. The predicted octanol–water partition coefficient (Wildman–Crippen LogP) is 1.72. The Morgan fingerprint density at radius 3 is 2.63 bits per heavy atom. The summed E-state index contributed by atoms with van der Waals surface area (Å²) in [6.07, 6.45) is 4.47. The molecule has 1 aromatic rings. The van der Waals surface area contributed by atoms with Crippen LogP contribution in [0.25, 0.3) is 0 Å². The van der Waals surface area contributed by atoms with E-state index in [0.29, 0.717) is 18.4 Å². The minimum absolute atomic E-state index is 0.0644. The zero-order chi connectivity index (χ0) is 13.2. The standard InChI is InChI=1S/C16H22N2O/c17-15-13-7-6-12(10-13)14(15)16(19)18-9-8-11-4-2-1-3-5-11/h1-5,12-15H,6-10,17H2,(H,18,19)/t12-,13-,14-,15-/m0/s1. The fourth-order valence-electron chi connectivity index (χ4n) is 3.82. The molecule has 3 N–H and O–H groups in total. The molecule has 3 heteroatoms. The maximum atomic E-state index is 12.2. The molecule has 0 aromatic heterocycles. The van der Waals surface area contributed by atoms with E-state index in [9.17, 15) is 4.79 Å². The second-order valence-electron chi connectivity index (χ2n) is 5.96. The van der Waals surface area contributed by atoms with Crippen molar-refractivity contribution in [3.8, 4) is 0 Å². The number of carbonyl (C=O) groups is 1. The molecule has 1 aromatic carbocycles. The summed E-state index contributed by atoms with van der Waals surface area (Å²) >= 11 is 0. The Hall–Kier alpha value is -1.35. The highest BCUT2D eigenvalue weighted by Crippen LogP contribution is 2.47. The second kappa shape index (κ2) is 5.33. The Kier molecular flexibility index (Phi) is 3.56. The molecule has 0 heterocycles. The lowest BCUT2D eigenvalue weighted by Crippen LogP contribution is -2.45. The van der Waals surface area contributed by atoms with Crippen LogP contribution in [0.3, 0.4) is 0 Å². The molecule has 0 saturated heterocycles. The molecule has 2 bridgehead atoms. The summed E-state index contributed by atoms with van der Waals surface area (Å²) in [5, 5.41) is 3.07. The van der Waals surface area contributed by atoms with Gasteiger partial charge in [0.15, 0.2) is 0 Å². The zero-order valence-electron chi connectivity index (χ0n) is 11.2. The van der Waals surface area contributed by atoms with Gasteiger partial charge in [0.05, 0.1) is 5.92 Å². The van der Waals surface area contributed by atoms with Gasteiger partial charge in [-0.15, -0.1) is 0 Å². The van der Waals surface area contributed by atoms with Crippen molar-refractivity contribution in [2.45, 2.75) is 31.7 Å². The quantitative estimate of drug-likeness (QED) is 0.864. The van der Waals surface area contributed by atoms with Crippen LogP contribution in [-0.4, -0.2) is 18.5 Å². The van der Waals surface area contributed by atoms with E-state index in [4.69, 9.17) is 5.73 Å². The van der Waals surface area contributed by atoms with Gasteiger partial charge in [0.1, 0.15) is 0 Å². The first-order valence-electron chi connectivity index (χ1n) is 7.33. The predicted molar refractivity (Wildman–Crippen MR) is 75.5 cm³/mol. The summed E-state index contributed by atoms with van der Waals surface area (Å²) in [6, 6.07) is 10.4. The first-order chi connectivity index (χ1) is 9.25. The lowest BCUT2D eigenvalue weighted by molar-refractivity contribution is -0.127. The van der Waals surface area contributed by atoms with Gasteiger partial charge in [0.2, 0.25) is 5.91 Å². The summed E-state index contributed by atoms with van der Waals surface area (Å²) in [5.74, 6) is 1.37. The number of rotatable bonds is 4. The van der Waals surface area contributed by atoms with E-state index in [-0.39, 0.29) is 17.9 Å². The summed E-state index contributed by atoms with van der Waals surface area (Å²) in [5.41, 5.74) is 7.45. The molecule has 2 fully saturated rings. The van der Waals surface area contributed by atoms with Crippen LogP contribution in [-0.2, 0) is 11.2 Å². The largest absolute Gasteiger partial charge is 0.355 e. The maximum Gasteiger partial charge on any atom is 0.224 e. The molecule has 4 atom stereocenters. The number of carbonyl (C=O) groups excluding carboxylic acids is 1. The minimum Gasteiger partial charge on any atom is -0.355 e. The van der Waals surface area contributed by atoms with Gasteiger partial charge < -0.3 is 11.1 Å². The van der Waals surface area contributed by atoms with Crippen LogP contribution >= 0.6 is 0 Å². The summed E-state index contributed by atoms with van der Waals surface area (Å²) in [7, 11) is 0. The maximum absolute atomic E-state index is 12.2. The van der Waals surface area contributed by atoms with Gasteiger partial charge in [-0.05, 0) is 43.1 Å². The number of benzene rings is 1. The summed E-state index contributed by atoms with van der Waals surface area (Å²) < 4.78 is 0. The van der Waals surface area contributed by atoms with E-state index >= 15 is 0 Å². The molecule has 2 aliphatic rings. The minimum atomic E-state index is 0.0644. The Bertz CT molecular complexity index is 443. The fourth-order valence-corrected chi connectivity index (χ4v) is 3.82. The molecule has 2 aliphatic carbocycles. The van der Waals surface area contributed by atoms with Crippen LogP contribution in [0.4, 0.5) is 0 Å². The Balaban J connectivity index is 1.49. The molecular weight excluding hydrogens is 236 g/mol. The summed E-state index contributed by atoms with van der Waals surface area (Å²) in [6.45, 7) is 0.712. The summed E-state index contributed by atoms with van der Waals surface area (Å²) in [4.78, 5) is 12.2. The Morgan fingerprint density at radius 1 is 1.21 bits per heavy atom. The molecule has 0 radical (unpaired) electrons. The van der Waals surface area contributed by atoms with Crippen molar-refractivity contribution in [3.05, 3.63) is 35.9 Å². The van der Waals surface area contributed by atoms with Crippen LogP contribution in [0.15, 0.2) is 30.3 Å². The molecule has 3 rings (SSSR count). The van der Waals surface area contributed by atoms with Gasteiger partial charge in [0, 0.05) is 12.6 Å². The number of fused-ring (bicyclic) bond motifs is 2. The van der Waals surface area contributed by atoms with Gasteiger partial charge in [-0.1, -0.05) is 30.3 Å². The van der Waals surface area contributed by atoms with Gasteiger partial charge in [0.25, 0.3) is 0 Å². The molecular formula is C16H22N2O. The van der Waals surface area contributed by atoms with Gasteiger partial charge in [-0.25, -0.2) is 0 Å². The van der Waals surface area contributed by atoms with E-state index in [0.717, 1.165) is 12.8 Å². The number of hydrogen-bond acceptors (Lipinski definition) is 2. The highest BCUT2D eigenvalue weighted by Gasteiger charge is 2.48. The smallest absolute Gasteiger partial charge is 0.224 e. The van der Waals surface area contributed by atoms with E-state index in [1.54, 1.807) is 0 Å². The molecule has 0 spiro atoms. The van der Waals surface area contributed by atoms with Crippen molar-refractivity contribution in [1.82, 2.24) is 5.32 Å². The van der Waals surface area contributed by atoms with Crippen molar-refractivity contribution in [2.75, 3.05) is 6.54 Å². The van der Waals surface area contributed by atoms with Crippen LogP contribution in [0.1, 0.15) is 24.8 Å². The van der Waals surface area contributed by atoms with E-state index in [1.807, 2.05) is 18.2 Å². The van der Waals surface area contributed by atoms with Gasteiger partial charge >= 0.3 is 0 Å². The van der Waals surface area contributed by atoms with Crippen LogP contribution in [0.5, 0.6) is 0 Å². The highest BCUT2D eigenvalue weighted by molar-refractivity contribution is 5.80. The fraction of sp³-hybridized carbons (Fsp3) is 0.562. The van der Waals surface area contributed by atoms with Crippen LogP contribution < -0.4 is 11.1 Å². The molecule has 0 aliphatic heterocycles. The van der Waals surface area contributed by atoms with E-state index < -0.39 is 0 Å². The second-order valence-corrected chi connectivity index (χ2v) is 5.96. The molecule has 102 valence electrons. The van der Waals surface area contributed by atoms with E-state index in [1.165, 1.54) is 18.4 Å². The SMILES string of the molecule is N[C@H]1[C@H]2CC[C@@H](C2)[C@@H]1C(=O)NCCc1ccccc1. The third-order valence-corrected chi connectivity index (χ3v) is 4.84. The first-order valence-corrected chi connectivity index (χ1v) is 7.33. The topological polar surface area (TPSA) is 55.1 Å². The Morgan fingerprint density at radius 2 is 1.95 bits per heavy atom. The number of nitrogens with one attached hydrogen (secondary N) is 1. The van der Waals surface area contributed by atoms with Crippen molar-refractivity contribution < 1.29 is 4.79 Å². The van der Waals surface area contributed by atoms with Crippen LogP contribution in [0.2, 0.25) is 0 Å². The Labute approximate surface area is 114 Å². The van der Waals surface area contributed by atoms with Crippen molar-refractivity contribution >= 4 is 5.91 Å². The molecule has 19 heavy (non-hydrogen) atoms. The number of amides is 1. The number of hydrogen-bond donors (Lipinski definition) is 2. The lowest BCUT2D eigenvalue weighted by atomic mass is 9.84. The zero-order valence-corrected chi connectivity index (χ0v) is 11.2. The third kappa shape index (κ3) is 2.52. The lowest BCUT2D eigenvalue weighted by Gasteiger charge is -2.27. The molecule has 3 nitrogen and oxygen atoms in total. The third-order valence-electron chi connectivity index (χ3n) is 4.84. The molecule has 0 unspecified atom stereocenters. The van der Waals surface area contributed by atoms with Crippen molar-refractivity contribution in [3.63, 3.8) is 0 Å². The van der Waals surface area contributed by atoms with Crippen molar-refractivity contribution in [1.29, 1.82) is 0 Å². The average Bonchev–Trinajstić information content (AvgIpc) is 3.00. The molecule has 2 saturated carbocycles. The average molecular weight is 258 g/mol. The molecule has 1 amide bonds.